The van der Waals surface area contributed by atoms with E-state index in [-0.39, 0.29) is 36.7 Å². The second-order valence-electron chi connectivity index (χ2n) is 10.3. The largest absolute Gasteiger partial charge is 0.445 e. The van der Waals surface area contributed by atoms with Crippen molar-refractivity contribution in [1.82, 2.24) is 15.5 Å². The molecule has 2 N–H and O–H groups in total. The molecule has 0 bridgehead atoms. The molecule has 3 atom stereocenters. The van der Waals surface area contributed by atoms with Crippen LogP contribution in [0, 0.1) is 5.92 Å². The van der Waals surface area contributed by atoms with Gasteiger partial charge in [-0.2, -0.15) is 0 Å². The summed E-state index contributed by atoms with van der Waals surface area (Å²) in [6.07, 6.45) is 1.46. The van der Waals surface area contributed by atoms with Crippen molar-refractivity contribution in [2.75, 3.05) is 6.54 Å². The number of nitrogens with zero attached hydrogens (tertiary/aromatic N) is 1. The highest BCUT2D eigenvalue weighted by Crippen LogP contribution is 2.17. The number of Topliss-reactive ketones (excluding diaryl/α,β-unsaturated/α-hetero) is 1. The van der Waals surface area contributed by atoms with Gasteiger partial charge < -0.3 is 20.3 Å². The lowest BCUT2D eigenvalue weighted by molar-refractivity contribution is -0.132. The number of benzene rings is 2. The van der Waals surface area contributed by atoms with Gasteiger partial charge in [-0.25, -0.2) is 4.79 Å². The minimum Gasteiger partial charge on any atom is -0.445 e. The second-order valence-corrected chi connectivity index (χ2v) is 10.3. The SMILES string of the molecule is CC(C)C[C@H](NC(=O)OCc1ccccc1)C(=O)N[C@@H](Cc1ccccc1)C(=O)CC(C)N1CCCC1=O. The fraction of sp³-hybridized carbons (Fsp3) is 0.467. The van der Waals surface area contributed by atoms with Crippen LogP contribution in [0.15, 0.2) is 60.7 Å². The number of carbonyl (C=O) groups is 4. The second kappa shape index (κ2) is 14.3. The van der Waals surface area contributed by atoms with Crippen molar-refractivity contribution in [3.05, 3.63) is 71.8 Å². The van der Waals surface area contributed by atoms with E-state index >= 15 is 0 Å². The van der Waals surface area contributed by atoms with E-state index < -0.39 is 24.1 Å². The van der Waals surface area contributed by atoms with Gasteiger partial charge in [0.15, 0.2) is 5.78 Å². The van der Waals surface area contributed by atoms with E-state index in [0.717, 1.165) is 17.5 Å². The van der Waals surface area contributed by atoms with Gasteiger partial charge in [0.25, 0.3) is 0 Å². The summed E-state index contributed by atoms with van der Waals surface area (Å²) >= 11 is 0. The smallest absolute Gasteiger partial charge is 0.408 e. The fourth-order valence-corrected chi connectivity index (χ4v) is 4.66. The van der Waals surface area contributed by atoms with Gasteiger partial charge in [0.05, 0.1) is 6.04 Å². The molecule has 3 amide bonds. The van der Waals surface area contributed by atoms with Crippen LogP contribution in [-0.2, 0) is 32.1 Å². The molecule has 204 valence electrons. The van der Waals surface area contributed by atoms with E-state index in [0.29, 0.717) is 25.8 Å². The van der Waals surface area contributed by atoms with Crippen molar-refractivity contribution in [1.29, 1.82) is 0 Å². The molecule has 1 aliphatic heterocycles. The van der Waals surface area contributed by atoms with Crippen LogP contribution in [0.3, 0.4) is 0 Å². The third kappa shape index (κ3) is 9.01. The van der Waals surface area contributed by atoms with Gasteiger partial charge in [0, 0.05) is 25.4 Å². The molecule has 3 rings (SSSR count). The summed E-state index contributed by atoms with van der Waals surface area (Å²) in [5, 5.41) is 5.58. The summed E-state index contributed by atoms with van der Waals surface area (Å²) in [7, 11) is 0. The van der Waals surface area contributed by atoms with Crippen molar-refractivity contribution in [2.24, 2.45) is 5.92 Å². The van der Waals surface area contributed by atoms with Gasteiger partial charge >= 0.3 is 6.09 Å². The number of rotatable bonds is 13. The Balaban J connectivity index is 1.68. The lowest BCUT2D eigenvalue weighted by atomic mass is 9.96. The molecule has 0 aliphatic carbocycles. The monoisotopic (exact) mass is 521 g/mol. The van der Waals surface area contributed by atoms with Crippen LogP contribution in [0.2, 0.25) is 0 Å². The molecular formula is C30H39N3O5. The minimum absolute atomic E-state index is 0.0594. The van der Waals surface area contributed by atoms with E-state index in [1.54, 1.807) is 4.90 Å². The van der Waals surface area contributed by atoms with Gasteiger partial charge in [-0.1, -0.05) is 74.5 Å². The standard InChI is InChI=1S/C30H39N3O5/c1-21(2)17-26(32-30(37)38-20-24-13-8-5-9-14-24)29(36)31-25(19-23-11-6-4-7-12-23)27(34)18-22(3)33-16-10-15-28(33)35/h4-9,11-14,21-22,25-26H,10,15-20H2,1-3H3,(H,31,36)(H,32,37)/t22?,25-,26-/m0/s1. The average Bonchev–Trinajstić information content (AvgIpc) is 3.33. The maximum atomic E-state index is 13.4. The number of ether oxygens (including phenoxy) is 1. The van der Waals surface area contributed by atoms with Gasteiger partial charge in [0.1, 0.15) is 12.6 Å². The Hall–Kier alpha value is -3.68. The molecule has 38 heavy (non-hydrogen) atoms. The zero-order valence-corrected chi connectivity index (χ0v) is 22.5. The molecule has 0 aromatic heterocycles. The van der Waals surface area contributed by atoms with Crippen molar-refractivity contribution in [2.45, 2.75) is 77.6 Å². The van der Waals surface area contributed by atoms with Crippen LogP contribution < -0.4 is 10.6 Å². The molecule has 1 aliphatic rings. The van der Waals surface area contributed by atoms with Gasteiger partial charge in [-0.15, -0.1) is 0 Å². The summed E-state index contributed by atoms with van der Waals surface area (Å²) in [4.78, 5) is 53.2. The van der Waals surface area contributed by atoms with Crippen LogP contribution in [0.1, 0.15) is 57.6 Å². The van der Waals surface area contributed by atoms with Crippen LogP contribution in [-0.4, -0.2) is 53.3 Å². The first kappa shape index (κ1) is 28.9. The van der Waals surface area contributed by atoms with E-state index in [9.17, 15) is 19.2 Å². The highest BCUT2D eigenvalue weighted by atomic mass is 16.5. The minimum atomic E-state index is -0.859. The van der Waals surface area contributed by atoms with E-state index in [2.05, 4.69) is 10.6 Å². The molecule has 2 aromatic carbocycles. The van der Waals surface area contributed by atoms with Gasteiger partial charge in [-0.3, -0.25) is 14.4 Å². The molecule has 2 aromatic rings. The normalized spacial score (nSPS) is 15.6. The number of ketones is 1. The Morgan fingerprint density at radius 2 is 1.53 bits per heavy atom. The highest BCUT2D eigenvalue weighted by molar-refractivity contribution is 5.93. The predicted octanol–water partition coefficient (Wildman–Crippen LogP) is 4.03. The zero-order valence-electron chi connectivity index (χ0n) is 22.5. The quantitative estimate of drug-likeness (QED) is 0.414. The number of likely N-dealkylation sites (tertiary alicyclic amines) is 1. The first-order valence-corrected chi connectivity index (χ1v) is 13.4. The molecule has 0 radical (unpaired) electrons. The number of hydrogen-bond donors (Lipinski definition) is 2. The lowest BCUT2D eigenvalue weighted by Gasteiger charge is -2.27. The maximum absolute atomic E-state index is 13.4. The van der Waals surface area contributed by atoms with Crippen LogP contribution in [0.5, 0.6) is 0 Å². The maximum Gasteiger partial charge on any atom is 0.408 e. The molecule has 1 saturated heterocycles. The summed E-state index contributed by atoms with van der Waals surface area (Å²) in [5.74, 6) is -0.410. The zero-order chi connectivity index (χ0) is 27.5. The Morgan fingerprint density at radius 1 is 0.895 bits per heavy atom. The van der Waals surface area contributed by atoms with Gasteiger partial charge in [-0.05, 0) is 43.2 Å². The number of nitrogens with one attached hydrogen (secondary N) is 2. The van der Waals surface area contributed by atoms with Gasteiger partial charge in [0.2, 0.25) is 11.8 Å². The van der Waals surface area contributed by atoms with Crippen LogP contribution >= 0.6 is 0 Å². The first-order chi connectivity index (χ1) is 18.2. The van der Waals surface area contributed by atoms with Crippen molar-refractivity contribution in [3.8, 4) is 0 Å². The number of amides is 3. The fourth-order valence-electron chi connectivity index (χ4n) is 4.66. The predicted molar refractivity (Wildman–Crippen MR) is 145 cm³/mol. The molecule has 8 heteroatoms. The van der Waals surface area contributed by atoms with E-state index in [1.807, 2.05) is 81.4 Å². The highest BCUT2D eigenvalue weighted by Gasteiger charge is 2.31. The number of carbonyl (C=O) groups excluding carboxylic acids is 4. The number of alkyl carbamates (subject to hydrolysis) is 1. The molecule has 1 heterocycles. The third-order valence-corrected chi connectivity index (χ3v) is 6.65. The first-order valence-electron chi connectivity index (χ1n) is 13.4. The lowest BCUT2D eigenvalue weighted by Crippen LogP contribution is -2.53. The summed E-state index contributed by atoms with van der Waals surface area (Å²) < 4.78 is 5.32. The van der Waals surface area contributed by atoms with Crippen LogP contribution in [0.25, 0.3) is 0 Å². The summed E-state index contributed by atoms with van der Waals surface area (Å²) in [6, 6.07) is 16.9. The number of hydrogen-bond acceptors (Lipinski definition) is 5. The molecule has 1 unspecified atom stereocenters. The van der Waals surface area contributed by atoms with Crippen molar-refractivity contribution in [3.63, 3.8) is 0 Å². The molecular weight excluding hydrogens is 482 g/mol. The summed E-state index contributed by atoms with van der Waals surface area (Å²) in [6.45, 7) is 6.52. The topological polar surface area (TPSA) is 105 Å². The van der Waals surface area contributed by atoms with E-state index in [1.165, 1.54) is 0 Å². The van der Waals surface area contributed by atoms with E-state index in [4.69, 9.17) is 4.74 Å². The average molecular weight is 522 g/mol. The Bertz CT molecular complexity index is 1070. The third-order valence-electron chi connectivity index (χ3n) is 6.65. The van der Waals surface area contributed by atoms with Crippen LogP contribution in [0.4, 0.5) is 4.79 Å². The Kier molecular flexibility index (Phi) is 10.9. The summed E-state index contributed by atoms with van der Waals surface area (Å²) in [5.41, 5.74) is 1.75. The Labute approximate surface area is 225 Å². The molecule has 0 spiro atoms. The molecule has 1 fully saturated rings. The van der Waals surface area contributed by atoms with Crippen molar-refractivity contribution < 1.29 is 23.9 Å². The Morgan fingerprint density at radius 3 is 2.11 bits per heavy atom. The molecule has 0 saturated carbocycles. The molecule has 8 nitrogen and oxygen atoms in total. The van der Waals surface area contributed by atoms with Crippen molar-refractivity contribution >= 4 is 23.7 Å².